The van der Waals surface area contributed by atoms with Gasteiger partial charge in [0.25, 0.3) is 0 Å². The van der Waals surface area contributed by atoms with Gasteiger partial charge in [-0.25, -0.2) is 0 Å². The summed E-state index contributed by atoms with van der Waals surface area (Å²) < 4.78 is 0. The molecule has 0 atom stereocenters. The van der Waals surface area contributed by atoms with Crippen LogP contribution in [-0.4, -0.2) is 0 Å². The smallest absolute Gasteiger partial charge is 0.0468 e. The molecule has 12 aromatic carbocycles. The number of anilines is 6. The highest BCUT2D eigenvalue weighted by atomic mass is 15.1. The maximum Gasteiger partial charge on any atom is 0.0468 e. The molecule has 0 aliphatic heterocycles. The molecule has 0 amide bonds. The van der Waals surface area contributed by atoms with Crippen molar-refractivity contribution < 1.29 is 0 Å². The molecule has 0 bridgehead atoms. The summed E-state index contributed by atoms with van der Waals surface area (Å²) in [5, 5.41) is 7.42. The van der Waals surface area contributed by atoms with Crippen LogP contribution in [0.15, 0.2) is 255 Å². The zero-order valence-corrected chi connectivity index (χ0v) is 44.5. The average Bonchev–Trinajstić information content (AvgIpc) is 4.08. The van der Waals surface area contributed by atoms with Crippen LogP contribution in [0.4, 0.5) is 34.1 Å². The summed E-state index contributed by atoms with van der Waals surface area (Å²) in [5.41, 5.74) is 21.9. The first-order valence-electron chi connectivity index (χ1n) is 27.3. The molecule has 12 aromatic rings. The Labute approximate surface area is 458 Å². The van der Waals surface area contributed by atoms with Crippen LogP contribution in [0.3, 0.4) is 0 Å². The number of para-hydroxylation sites is 2. The summed E-state index contributed by atoms with van der Waals surface area (Å²) in [7, 11) is 0. The van der Waals surface area contributed by atoms with Crippen molar-refractivity contribution in [3.8, 4) is 22.3 Å². The van der Waals surface area contributed by atoms with Gasteiger partial charge in [-0.2, -0.15) is 0 Å². The third-order valence-electron chi connectivity index (χ3n) is 16.8. The molecule has 0 heterocycles. The predicted molar refractivity (Wildman–Crippen MR) is 334 cm³/mol. The zero-order valence-electron chi connectivity index (χ0n) is 44.5. The standard InChI is InChI=1S/C76H58N2/c1-75(2)71-45-51(31-41-67(71)69-43-39-63(49-73(69)75)77(59-23-7-5-8-24-59)61-37-35-53-17-11-13-19-57(53)47-61)29-33-55-21-15-28-66-56(22-16-27-65(55)66)34-30-52-32-42-68-70-44-40-64(50-74(70)76(3,4)72(68)46-52)78(60-25-9-6-10-26-60)62-38-36-54-18-12-14-20-58(54)48-62/h5-50H,1-4H3/b33-29+,34-30+. The summed E-state index contributed by atoms with van der Waals surface area (Å²) in [6.07, 6.45) is 9.15. The van der Waals surface area contributed by atoms with Crippen LogP contribution in [0.25, 0.3) is 78.9 Å². The van der Waals surface area contributed by atoms with Crippen LogP contribution in [0, 0.1) is 0 Å². The number of nitrogens with zero attached hydrogens (tertiary/aromatic N) is 2. The Bertz CT molecular complexity index is 4100. The van der Waals surface area contributed by atoms with E-state index in [2.05, 4.69) is 317 Å². The van der Waals surface area contributed by atoms with Crippen molar-refractivity contribution in [1.29, 1.82) is 0 Å². The minimum absolute atomic E-state index is 0.192. The average molecular weight is 999 g/mol. The number of benzene rings is 12. The molecule has 2 aliphatic carbocycles. The predicted octanol–water partition coefficient (Wildman–Crippen LogP) is 21.0. The van der Waals surface area contributed by atoms with Crippen LogP contribution in [-0.2, 0) is 10.8 Å². The summed E-state index contributed by atoms with van der Waals surface area (Å²) in [4.78, 5) is 4.78. The molecule has 0 unspecified atom stereocenters. The maximum atomic E-state index is 2.42. The molecule has 0 saturated carbocycles. The second-order valence-corrected chi connectivity index (χ2v) is 22.2. The fraction of sp³-hybridized carbons (Fsp3) is 0.0789. The fourth-order valence-corrected chi connectivity index (χ4v) is 12.7. The largest absolute Gasteiger partial charge is 0.310 e. The molecule has 0 radical (unpaired) electrons. The van der Waals surface area contributed by atoms with E-state index in [1.165, 1.54) is 99.1 Å². The lowest BCUT2D eigenvalue weighted by molar-refractivity contribution is 0.660. The minimum Gasteiger partial charge on any atom is -0.310 e. The molecule has 372 valence electrons. The summed E-state index contributed by atoms with van der Waals surface area (Å²) >= 11 is 0. The third-order valence-corrected chi connectivity index (χ3v) is 16.8. The van der Waals surface area contributed by atoms with Crippen molar-refractivity contribution in [2.75, 3.05) is 9.80 Å². The van der Waals surface area contributed by atoms with Crippen molar-refractivity contribution in [1.82, 2.24) is 0 Å². The Kier molecular flexibility index (Phi) is 11.2. The van der Waals surface area contributed by atoms with Gasteiger partial charge in [0, 0.05) is 45.0 Å². The van der Waals surface area contributed by atoms with Crippen LogP contribution in [0.1, 0.15) is 72.2 Å². The Hall–Kier alpha value is -9.50. The number of hydrogen-bond donors (Lipinski definition) is 0. The topological polar surface area (TPSA) is 6.48 Å². The number of fused-ring (bicyclic) bond motifs is 9. The minimum atomic E-state index is -0.192. The number of hydrogen-bond acceptors (Lipinski definition) is 2. The van der Waals surface area contributed by atoms with E-state index >= 15 is 0 Å². The molecule has 0 N–H and O–H groups in total. The first kappa shape index (κ1) is 47.0. The van der Waals surface area contributed by atoms with Gasteiger partial charge < -0.3 is 9.80 Å². The molecule has 2 aliphatic rings. The van der Waals surface area contributed by atoms with Crippen LogP contribution < -0.4 is 9.80 Å². The van der Waals surface area contributed by atoms with E-state index in [0.717, 1.165) is 34.1 Å². The molecule has 2 heteroatoms. The van der Waals surface area contributed by atoms with Crippen molar-refractivity contribution in [3.63, 3.8) is 0 Å². The van der Waals surface area contributed by atoms with E-state index in [1.54, 1.807) is 0 Å². The lowest BCUT2D eigenvalue weighted by atomic mass is 9.81. The van der Waals surface area contributed by atoms with Crippen molar-refractivity contribution in [2.45, 2.75) is 38.5 Å². The van der Waals surface area contributed by atoms with Crippen LogP contribution >= 0.6 is 0 Å². The van der Waals surface area contributed by atoms with E-state index in [-0.39, 0.29) is 10.8 Å². The molecule has 0 fully saturated rings. The van der Waals surface area contributed by atoms with Crippen LogP contribution in [0.2, 0.25) is 0 Å². The fourth-order valence-electron chi connectivity index (χ4n) is 12.7. The molecule has 0 aromatic heterocycles. The van der Waals surface area contributed by atoms with Gasteiger partial charge in [-0.05, 0) is 172 Å². The normalized spacial score (nSPS) is 13.7. The third kappa shape index (κ3) is 8.03. The van der Waals surface area contributed by atoms with Gasteiger partial charge in [0.15, 0.2) is 0 Å². The van der Waals surface area contributed by atoms with E-state index in [1.807, 2.05) is 0 Å². The van der Waals surface area contributed by atoms with Gasteiger partial charge in [-0.15, -0.1) is 0 Å². The monoisotopic (exact) mass is 998 g/mol. The first-order valence-corrected chi connectivity index (χ1v) is 27.3. The Balaban J connectivity index is 0.728. The molecule has 14 rings (SSSR count). The molecule has 0 saturated heterocycles. The van der Waals surface area contributed by atoms with Gasteiger partial charge in [-0.1, -0.05) is 234 Å². The van der Waals surface area contributed by atoms with Crippen molar-refractivity contribution in [3.05, 3.63) is 299 Å². The van der Waals surface area contributed by atoms with Gasteiger partial charge >= 0.3 is 0 Å². The highest BCUT2D eigenvalue weighted by Crippen LogP contribution is 2.53. The lowest BCUT2D eigenvalue weighted by Gasteiger charge is -2.28. The van der Waals surface area contributed by atoms with Gasteiger partial charge in [0.2, 0.25) is 0 Å². The molecule has 0 spiro atoms. The Morgan fingerprint density at radius 3 is 1.03 bits per heavy atom. The van der Waals surface area contributed by atoms with Crippen molar-refractivity contribution in [2.24, 2.45) is 0 Å². The first-order chi connectivity index (χ1) is 38.2. The quantitative estimate of drug-likeness (QED) is 0.126. The Morgan fingerprint density at radius 1 is 0.256 bits per heavy atom. The van der Waals surface area contributed by atoms with E-state index in [9.17, 15) is 0 Å². The molecular weight excluding hydrogens is 941 g/mol. The Morgan fingerprint density at radius 2 is 0.603 bits per heavy atom. The highest BCUT2D eigenvalue weighted by molar-refractivity contribution is 6.00. The maximum absolute atomic E-state index is 2.42. The summed E-state index contributed by atoms with van der Waals surface area (Å²) in [6.45, 7) is 9.51. The lowest BCUT2D eigenvalue weighted by Crippen LogP contribution is -2.16. The second-order valence-electron chi connectivity index (χ2n) is 22.2. The molecule has 2 nitrogen and oxygen atoms in total. The molecule has 78 heavy (non-hydrogen) atoms. The van der Waals surface area contributed by atoms with E-state index in [4.69, 9.17) is 0 Å². The van der Waals surface area contributed by atoms with E-state index < -0.39 is 0 Å². The van der Waals surface area contributed by atoms with Gasteiger partial charge in [0.05, 0.1) is 0 Å². The van der Waals surface area contributed by atoms with Crippen LogP contribution in [0.5, 0.6) is 0 Å². The van der Waals surface area contributed by atoms with Gasteiger partial charge in [0.1, 0.15) is 0 Å². The van der Waals surface area contributed by atoms with Crippen molar-refractivity contribution >= 4 is 90.7 Å². The number of rotatable bonds is 10. The highest BCUT2D eigenvalue weighted by Gasteiger charge is 2.38. The molecular formula is C76H58N2. The van der Waals surface area contributed by atoms with E-state index in [0.29, 0.717) is 0 Å². The zero-order chi connectivity index (χ0) is 52.5. The second kappa shape index (κ2) is 18.7. The summed E-state index contributed by atoms with van der Waals surface area (Å²) in [6, 6.07) is 93.7. The van der Waals surface area contributed by atoms with Gasteiger partial charge in [-0.3, -0.25) is 0 Å². The SMILES string of the molecule is CC1(C)c2cc(/C=C/c3cccc4c(/C=C/c5ccc6c(c5)C(C)(C)c5cc(N(c7ccccc7)c7ccc8ccccc8c7)ccc5-6)cccc34)ccc2-c2ccc(N(c3ccccc3)c3ccc4ccccc4c3)cc21. The summed E-state index contributed by atoms with van der Waals surface area (Å²) in [5.74, 6) is 0.